The van der Waals surface area contributed by atoms with Crippen molar-refractivity contribution in [3.8, 4) is 5.88 Å². The van der Waals surface area contributed by atoms with Crippen LogP contribution in [0.5, 0.6) is 5.88 Å². The molecule has 0 unspecified atom stereocenters. The van der Waals surface area contributed by atoms with Crippen LogP contribution in [0.3, 0.4) is 0 Å². The number of aryl methyl sites for hydroxylation is 3. The first-order valence-electron chi connectivity index (χ1n) is 10.2. The molecule has 0 bridgehead atoms. The van der Waals surface area contributed by atoms with E-state index < -0.39 is 15.8 Å². The molecule has 32 heavy (non-hydrogen) atoms. The molecule has 1 heterocycles. The molecule has 3 aromatic rings. The Morgan fingerprint density at radius 1 is 1.00 bits per heavy atom. The summed E-state index contributed by atoms with van der Waals surface area (Å²) in [5.74, 6) is -0.920. The van der Waals surface area contributed by atoms with Gasteiger partial charge in [0.25, 0.3) is 0 Å². The van der Waals surface area contributed by atoms with Gasteiger partial charge >= 0.3 is 5.97 Å². The minimum atomic E-state index is -3.45. The fourth-order valence-corrected chi connectivity index (χ4v) is 5.06. The molecule has 3 rings (SSSR count). The number of aromatic nitrogens is 2. The molecule has 168 valence electrons. The Morgan fingerprint density at radius 2 is 1.62 bits per heavy atom. The van der Waals surface area contributed by atoms with Crippen molar-refractivity contribution < 1.29 is 22.7 Å². The van der Waals surface area contributed by atoms with Crippen LogP contribution in [-0.2, 0) is 16.4 Å². The second kappa shape index (κ2) is 8.70. The highest BCUT2D eigenvalue weighted by Crippen LogP contribution is 2.30. The van der Waals surface area contributed by atoms with Gasteiger partial charge in [-0.25, -0.2) is 17.9 Å². The normalized spacial score (nSPS) is 11.4. The van der Waals surface area contributed by atoms with Crippen molar-refractivity contribution >= 4 is 21.6 Å². The number of carbonyl (C=O) groups is 2. The molecule has 0 N–H and O–H groups in total. The van der Waals surface area contributed by atoms with Crippen LogP contribution in [0, 0.1) is 27.7 Å². The number of ether oxygens (including phenoxy) is 1. The fraction of sp³-hybridized carbons (Fsp3) is 0.292. The maximum atomic E-state index is 13.5. The zero-order valence-electron chi connectivity index (χ0n) is 19.0. The number of ketones is 1. The van der Waals surface area contributed by atoms with Gasteiger partial charge in [-0.15, -0.1) is 0 Å². The number of nitrogens with zero attached hydrogens (tertiary/aromatic N) is 2. The number of sulfone groups is 1. The summed E-state index contributed by atoms with van der Waals surface area (Å²) in [6.45, 7) is 9.19. The maximum absolute atomic E-state index is 13.5. The molecule has 0 amide bonds. The fourth-order valence-electron chi connectivity index (χ4n) is 3.71. The Kier molecular flexibility index (Phi) is 6.37. The highest BCUT2D eigenvalue weighted by atomic mass is 32.2. The molecule has 0 saturated heterocycles. The van der Waals surface area contributed by atoms with Crippen LogP contribution in [0.2, 0.25) is 0 Å². The summed E-state index contributed by atoms with van der Waals surface area (Å²) in [5.41, 5.74) is 3.42. The summed E-state index contributed by atoms with van der Waals surface area (Å²) in [4.78, 5) is 26.4. The van der Waals surface area contributed by atoms with E-state index in [9.17, 15) is 18.0 Å². The molecule has 0 aliphatic carbocycles. The van der Waals surface area contributed by atoms with E-state index in [1.807, 2.05) is 13.8 Å². The van der Waals surface area contributed by atoms with Crippen LogP contribution < -0.4 is 4.74 Å². The Balaban J connectivity index is 2.06. The molecule has 0 radical (unpaired) electrons. The van der Waals surface area contributed by atoms with Gasteiger partial charge in [0.05, 0.1) is 16.7 Å². The Bertz CT molecular complexity index is 1320. The van der Waals surface area contributed by atoms with E-state index in [1.165, 1.54) is 10.9 Å². The summed E-state index contributed by atoms with van der Waals surface area (Å²) < 4.78 is 31.4. The van der Waals surface area contributed by atoms with Crippen LogP contribution in [0.4, 0.5) is 0 Å². The summed E-state index contributed by atoms with van der Waals surface area (Å²) in [6, 6.07) is 8.49. The molecule has 8 heteroatoms. The third-order valence-corrected chi connectivity index (χ3v) is 6.82. The molecule has 0 fully saturated rings. The molecule has 0 saturated carbocycles. The van der Waals surface area contributed by atoms with Gasteiger partial charge in [-0.1, -0.05) is 17.7 Å². The lowest BCUT2D eigenvalue weighted by molar-refractivity contribution is 0.0716. The van der Waals surface area contributed by atoms with Gasteiger partial charge in [-0.2, -0.15) is 5.10 Å². The van der Waals surface area contributed by atoms with E-state index >= 15 is 0 Å². The quantitative estimate of drug-likeness (QED) is 0.413. The minimum Gasteiger partial charge on any atom is -0.403 e. The Morgan fingerprint density at radius 3 is 2.19 bits per heavy atom. The second-order valence-electron chi connectivity index (χ2n) is 7.86. The molecule has 1 aromatic heterocycles. The Hall–Kier alpha value is -3.26. The predicted octanol–water partition coefficient (Wildman–Crippen LogP) is 3.99. The minimum absolute atomic E-state index is 0.0602. The van der Waals surface area contributed by atoms with Gasteiger partial charge in [-0.05, 0) is 69.5 Å². The van der Waals surface area contributed by atoms with Crippen molar-refractivity contribution in [2.24, 2.45) is 0 Å². The van der Waals surface area contributed by atoms with Crippen molar-refractivity contribution in [2.75, 3.05) is 6.26 Å². The topological polar surface area (TPSA) is 95.3 Å². The molecular weight excluding hydrogens is 428 g/mol. The van der Waals surface area contributed by atoms with Gasteiger partial charge < -0.3 is 4.74 Å². The number of esters is 1. The molecule has 2 aromatic carbocycles. The smallest absolute Gasteiger partial charge is 0.344 e. The third kappa shape index (κ3) is 4.36. The van der Waals surface area contributed by atoms with Crippen molar-refractivity contribution in [1.29, 1.82) is 0 Å². The van der Waals surface area contributed by atoms with Gasteiger partial charge in [0.1, 0.15) is 5.56 Å². The average molecular weight is 455 g/mol. The lowest BCUT2D eigenvalue weighted by Crippen LogP contribution is -2.15. The number of hydrogen-bond acceptors (Lipinski definition) is 6. The first kappa shape index (κ1) is 23.4. The first-order chi connectivity index (χ1) is 15.0. The summed E-state index contributed by atoms with van der Waals surface area (Å²) >= 11 is 0. The number of carbonyl (C=O) groups excluding carboxylic acids is 2. The van der Waals surface area contributed by atoms with Crippen molar-refractivity contribution in [2.45, 2.75) is 46.1 Å². The van der Waals surface area contributed by atoms with Crippen LogP contribution in [0.15, 0.2) is 41.4 Å². The predicted molar refractivity (Wildman–Crippen MR) is 121 cm³/mol. The van der Waals surface area contributed by atoms with Crippen LogP contribution in [-0.4, -0.2) is 36.2 Å². The van der Waals surface area contributed by atoms with E-state index in [2.05, 4.69) is 5.10 Å². The lowest BCUT2D eigenvalue weighted by atomic mass is 9.95. The Labute approximate surface area is 187 Å². The van der Waals surface area contributed by atoms with Gasteiger partial charge in [0.15, 0.2) is 15.6 Å². The SMILES string of the molecule is CCn1ncc(C(=O)c2cc(C)c(S(C)(=O)=O)c(C)c2C)c1OC(=O)c1ccc(C)cc1. The van der Waals surface area contributed by atoms with Crippen LogP contribution >= 0.6 is 0 Å². The highest BCUT2D eigenvalue weighted by Gasteiger charge is 2.27. The van der Waals surface area contributed by atoms with Crippen LogP contribution in [0.1, 0.15) is 55.5 Å². The van der Waals surface area contributed by atoms with Crippen molar-refractivity contribution in [1.82, 2.24) is 9.78 Å². The molecule has 0 aliphatic heterocycles. The zero-order valence-corrected chi connectivity index (χ0v) is 19.8. The summed E-state index contributed by atoms with van der Waals surface area (Å²) in [5, 5.41) is 4.20. The van der Waals surface area contributed by atoms with Gasteiger partial charge in [0, 0.05) is 18.4 Å². The van der Waals surface area contributed by atoms with Crippen LogP contribution in [0.25, 0.3) is 0 Å². The number of benzene rings is 2. The summed E-state index contributed by atoms with van der Waals surface area (Å²) in [7, 11) is -3.45. The molecular formula is C24H26N2O5S. The maximum Gasteiger partial charge on any atom is 0.344 e. The van der Waals surface area contributed by atoms with Crippen molar-refractivity contribution in [3.63, 3.8) is 0 Å². The van der Waals surface area contributed by atoms with E-state index in [-0.39, 0.29) is 22.1 Å². The largest absolute Gasteiger partial charge is 0.403 e. The molecule has 0 atom stereocenters. The number of hydrogen-bond donors (Lipinski definition) is 0. The average Bonchev–Trinajstić information content (AvgIpc) is 3.12. The van der Waals surface area contributed by atoms with Gasteiger partial charge in [-0.3, -0.25) is 4.79 Å². The van der Waals surface area contributed by atoms with E-state index in [0.29, 0.717) is 34.4 Å². The van der Waals surface area contributed by atoms with Gasteiger partial charge in [0.2, 0.25) is 5.88 Å². The monoisotopic (exact) mass is 454 g/mol. The molecule has 7 nitrogen and oxygen atoms in total. The highest BCUT2D eigenvalue weighted by molar-refractivity contribution is 7.90. The van der Waals surface area contributed by atoms with E-state index in [1.54, 1.807) is 51.1 Å². The molecule has 0 spiro atoms. The second-order valence-corrected chi connectivity index (χ2v) is 9.81. The lowest BCUT2D eigenvalue weighted by Gasteiger charge is -2.15. The van der Waals surface area contributed by atoms with Crippen molar-refractivity contribution in [3.05, 3.63) is 75.5 Å². The zero-order chi connectivity index (χ0) is 23.8. The number of rotatable bonds is 6. The third-order valence-electron chi connectivity index (χ3n) is 5.45. The summed E-state index contributed by atoms with van der Waals surface area (Å²) in [6.07, 6.45) is 2.52. The van der Waals surface area contributed by atoms with E-state index in [4.69, 9.17) is 4.74 Å². The standard InChI is InChI=1S/C24H26N2O5S/c1-7-26-23(31-24(28)18-10-8-14(2)9-11-18)20(13-25-26)21(27)19-12-15(3)22(32(6,29)30)17(5)16(19)4/h8-13H,7H2,1-6H3. The van der Waals surface area contributed by atoms with E-state index in [0.717, 1.165) is 11.8 Å². The first-order valence-corrected chi connectivity index (χ1v) is 12.0. The molecule has 0 aliphatic rings.